The average Bonchev–Trinajstić information content (AvgIpc) is 1.34. The van der Waals surface area contributed by atoms with Crippen LogP contribution >= 0.6 is 0 Å². The van der Waals surface area contributed by atoms with Gasteiger partial charge in [-0.25, -0.2) is 14.6 Å². The summed E-state index contributed by atoms with van der Waals surface area (Å²) in [7, 11) is 5.54. The number of ether oxygens (including phenoxy) is 2. The number of benzene rings is 2. The second-order valence-electron chi connectivity index (χ2n) is 22.6. The Kier molecular flexibility index (Phi) is 19.0. The molecule has 0 radical (unpaired) electrons. The topological polar surface area (TPSA) is 360 Å². The normalized spacial score (nSPS) is 25.3. The maximum Gasteiger partial charge on any atom is 0.329 e. The van der Waals surface area contributed by atoms with E-state index in [9.17, 15) is 62.3 Å². The van der Waals surface area contributed by atoms with Crippen molar-refractivity contribution in [3.05, 3.63) is 44.6 Å². The van der Waals surface area contributed by atoms with Crippen LogP contribution in [0, 0.1) is 25.7 Å². The highest BCUT2D eigenvalue weighted by Gasteiger charge is 2.44. The fraction of sp³-hybridized carbons (Fsp3) is 0.571. The van der Waals surface area contributed by atoms with E-state index in [0.717, 1.165) is 9.80 Å². The number of aryl methyl sites for hydroxylation is 1. The van der Waals surface area contributed by atoms with Gasteiger partial charge >= 0.3 is 11.9 Å². The van der Waals surface area contributed by atoms with E-state index >= 15 is 0 Å². The van der Waals surface area contributed by atoms with E-state index in [1.54, 1.807) is 34.6 Å². The van der Waals surface area contributed by atoms with Gasteiger partial charge in [0.2, 0.25) is 52.7 Å². The summed E-state index contributed by atoms with van der Waals surface area (Å²) in [6, 6.07) is -5.20. The molecule has 6 N–H and O–H groups in total. The van der Waals surface area contributed by atoms with Crippen molar-refractivity contribution in [3.8, 4) is 11.5 Å². The van der Waals surface area contributed by atoms with Gasteiger partial charge in [-0.3, -0.25) is 52.7 Å². The van der Waals surface area contributed by atoms with E-state index < -0.39 is 180 Å². The lowest BCUT2D eigenvalue weighted by Crippen LogP contribution is -2.58. The molecule has 8 unspecified atom stereocenters. The van der Waals surface area contributed by atoms with E-state index in [2.05, 4.69) is 21.3 Å². The number of nitrogen functional groups attached to an aromatic ring is 1. The molecular formula is C56H74N12O16. The number of anilines is 1. The van der Waals surface area contributed by atoms with Crippen LogP contribution in [0.25, 0.3) is 22.6 Å². The van der Waals surface area contributed by atoms with Gasteiger partial charge in [-0.15, -0.1) is 0 Å². The van der Waals surface area contributed by atoms with Crippen molar-refractivity contribution >= 4 is 87.8 Å². The summed E-state index contributed by atoms with van der Waals surface area (Å²) >= 11 is 0. The zero-order chi connectivity index (χ0) is 62.1. The molecule has 28 heteroatoms. The van der Waals surface area contributed by atoms with E-state index in [0.29, 0.717) is 24.8 Å². The lowest BCUT2D eigenvalue weighted by Gasteiger charge is -2.34. The molecule has 28 nitrogen and oxygen atoms in total. The summed E-state index contributed by atoms with van der Waals surface area (Å²) in [6.45, 7) is 10.3. The molecule has 8 atom stereocenters. The summed E-state index contributed by atoms with van der Waals surface area (Å²) < 4.78 is 18.0. The van der Waals surface area contributed by atoms with Crippen LogP contribution in [0.5, 0.6) is 0 Å². The number of carbonyl (C=O) groups is 12. The van der Waals surface area contributed by atoms with Gasteiger partial charge in [0.15, 0.2) is 11.3 Å². The quantitative estimate of drug-likeness (QED) is 0.109. The largest absolute Gasteiger partial charge is 0.458 e. The van der Waals surface area contributed by atoms with Gasteiger partial charge in [0, 0.05) is 46.8 Å². The number of hydrogen-bond donors (Lipinski definition) is 5. The van der Waals surface area contributed by atoms with Gasteiger partial charge in [0.05, 0.1) is 43.0 Å². The third kappa shape index (κ3) is 12.6. The number of amides is 10. The molecule has 5 aliphatic heterocycles. The minimum Gasteiger partial charge on any atom is -0.458 e. The number of fused-ring (bicyclic) bond motifs is 4. The van der Waals surface area contributed by atoms with Crippen molar-refractivity contribution in [1.29, 1.82) is 0 Å². The summed E-state index contributed by atoms with van der Waals surface area (Å²) in [5, 5.41) is 10.1. The Hall–Kier alpha value is -8.72. The zero-order valence-corrected chi connectivity index (χ0v) is 49.2. The molecule has 84 heavy (non-hydrogen) atoms. The van der Waals surface area contributed by atoms with Crippen LogP contribution in [-0.2, 0) is 57.4 Å². The molecule has 7 rings (SSSR count). The van der Waals surface area contributed by atoms with Crippen molar-refractivity contribution in [2.45, 2.75) is 130 Å². The van der Waals surface area contributed by atoms with Crippen molar-refractivity contribution in [2.24, 2.45) is 11.8 Å². The van der Waals surface area contributed by atoms with Gasteiger partial charge in [-0.2, -0.15) is 0 Å². The third-order valence-corrected chi connectivity index (χ3v) is 16.0. The van der Waals surface area contributed by atoms with Crippen LogP contribution in [0.3, 0.4) is 0 Å². The van der Waals surface area contributed by atoms with Crippen molar-refractivity contribution < 1.29 is 71.4 Å². The van der Waals surface area contributed by atoms with Crippen LogP contribution < -0.4 is 32.4 Å². The number of carbonyl (C=O) groups excluding carboxylic acids is 12. The van der Waals surface area contributed by atoms with Crippen LogP contribution in [0.2, 0.25) is 0 Å². The summed E-state index contributed by atoms with van der Waals surface area (Å²) in [4.78, 5) is 194. The lowest BCUT2D eigenvalue weighted by atomic mass is 9.99. The van der Waals surface area contributed by atoms with Gasteiger partial charge in [-0.05, 0) is 76.8 Å². The number of likely N-dealkylation sites (N-methyl/N-ethyl adjacent to an activating group) is 4. The minimum absolute atomic E-state index is 0.0759. The predicted molar refractivity (Wildman–Crippen MR) is 298 cm³/mol. The summed E-state index contributed by atoms with van der Waals surface area (Å²) in [6.07, 6.45) is -1.56. The Labute approximate surface area is 484 Å². The number of esters is 2. The monoisotopic (exact) mass is 1170 g/mol. The molecule has 1 aromatic carbocycles. The van der Waals surface area contributed by atoms with E-state index in [4.69, 9.17) is 24.6 Å². The van der Waals surface area contributed by atoms with Gasteiger partial charge in [-0.1, -0.05) is 33.8 Å². The molecule has 10 amide bonds. The first-order valence-electron chi connectivity index (χ1n) is 27.8. The van der Waals surface area contributed by atoms with Crippen LogP contribution in [0.1, 0.15) is 99.1 Å². The molecule has 1 aliphatic carbocycles. The Balaban J connectivity index is 1.27. The fourth-order valence-electron chi connectivity index (χ4n) is 11.2. The number of cyclic esters (lactones) is 2. The molecular weight excluding hydrogens is 1100 g/mol. The second-order valence-corrected chi connectivity index (χ2v) is 22.6. The predicted octanol–water partition coefficient (Wildman–Crippen LogP) is -1.32. The highest BCUT2D eigenvalue weighted by atomic mass is 16.6. The summed E-state index contributed by atoms with van der Waals surface area (Å²) in [5.41, 5.74) is 3.48. The Bertz CT molecular complexity index is 3230. The van der Waals surface area contributed by atoms with Crippen molar-refractivity contribution in [2.75, 3.05) is 73.2 Å². The van der Waals surface area contributed by atoms with Crippen molar-refractivity contribution in [1.82, 2.24) is 55.7 Å². The molecule has 4 saturated heterocycles. The highest BCUT2D eigenvalue weighted by molar-refractivity contribution is 6.10. The Morgan fingerprint density at radius 3 is 1.54 bits per heavy atom. The lowest BCUT2D eigenvalue weighted by molar-refractivity contribution is -0.163. The molecule has 4 fully saturated rings. The maximum atomic E-state index is 14.9. The smallest absolute Gasteiger partial charge is 0.329 e. The molecule has 5 heterocycles. The van der Waals surface area contributed by atoms with E-state index in [1.807, 2.05) is 0 Å². The zero-order valence-electron chi connectivity index (χ0n) is 49.2. The van der Waals surface area contributed by atoms with E-state index in [-0.39, 0.29) is 47.5 Å². The SMILES string of the molecule is Cc1c2oc3c(C)ccc(C(=O)NC4C(=O)NCC(=O)N5CCCC5C(=O)N(C)CC(=O)N(C)C(C(C)C)C(=O)OC4C)c3nc-2c(C(=O)NC2C(=O)NCC(=O)N3CCCC3C(=O)N(C)CC(=O)N(C)C(C(C)C)C(=O)OC2C)c(N)c1=O. The van der Waals surface area contributed by atoms with Crippen LogP contribution in [0.15, 0.2) is 21.3 Å². The standard InChI is InChI=1S/C56H74N12O16/c1-25(2)44-55(80)82-29(7)40(51(76)58-21-34(69)67-19-13-15-32(67)53(78)63(9)23-36(71)65(44)11)61-49(74)31-18-17-27(5)47-42(31)60-43-38(39(57)46(73)28(6)48(43)84-47)50(75)62-41-30(8)83-56(81)45(26(3)4)66(12)37(72)24-64(10)54(79)33-16-14-20-68(33)35(70)22-59-52(41)77/h17-18,25-26,29-30,32-33,40-41,44-45H,13-16,19-24,57H2,1-12H3,(H,58,76)(H,59,77)(H,61,74)(H,62,75). The van der Waals surface area contributed by atoms with Crippen molar-refractivity contribution in [3.63, 3.8) is 0 Å². The third-order valence-electron chi connectivity index (χ3n) is 16.0. The molecule has 0 saturated carbocycles. The van der Waals surface area contributed by atoms with Gasteiger partial charge in [0.25, 0.3) is 11.8 Å². The first-order chi connectivity index (χ1) is 39.5. The van der Waals surface area contributed by atoms with Gasteiger partial charge < -0.3 is 70.3 Å². The van der Waals surface area contributed by atoms with Gasteiger partial charge in [0.1, 0.15) is 59.7 Å². The molecule has 454 valence electrons. The number of hydrogen-bond acceptors (Lipinski definition) is 18. The number of nitrogens with two attached hydrogens (primary N) is 1. The van der Waals surface area contributed by atoms with Crippen LogP contribution in [-0.4, -0.2) is 221 Å². The first kappa shape index (κ1) is 62.9. The van der Waals surface area contributed by atoms with E-state index in [1.165, 1.54) is 80.7 Å². The number of nitrogens with zero attached hydrogens (tertiary/aromatic N) is 7. The fourth-order valence-corrected chi connectivity index (χ4v) is 11.2. The molecule has 0 aromatic heterocycles. The van der Waals surface area contributed by atoms with Crippen LogP contribution in [0.4, 0.5) is 5.69 Å². The highest BCUT2D eigenvalue weighted by Crippen LogP contribution is 2.35. The second kappa shape index (κ2) is 25.4. The summed E-state index contributed by atoms with van der Waals surface area (Å²) in [5.74, 6) is -11.2. The molecule has 0 spiro atoms. The Morgan fingerprint density at radius 2 is 1.10 bits per heavy atom. The first-order valence-corrected chi connectivity index (χ1v) is 27.8. The number of nitrogens with one attached hydrogen (secondary N) is 4. The molecule has 1 aromatic rings. The molecule has 0 bridgehead atoms. The number of rotatable bonds is 6. The Morgan fingerprint density at radius 1 is 0.655 bits per heavy atom. The minimum atomic E-state index is -1.85. The maximum absolute atomic E-state index is 14.9. The number of aromatic nitrogens is 1. The average molecular weight is 1170 g/mol. The molecule has 6 aliphatic rings.